The molecule has 0 N–H and O–H groups in total. The average molecular weight is 701 g/mol. The summed E-state index contributed by atoms with van der Waals surface area (Å²) in [5, 5.41) is 4.17. The topological polar surface area (TPSA) is 78.4 Å². The first kappa shape index (κ1) is 37.4. The predicted octanol–water partition coefficient (Wildman–Crippen LogP) is 8.15. The third-order valence-electron chi connectivity index (χ3n) is 11.5. The van der Waals surface area contributed by atoms with E-state index in [1.807, 2.05) is 12.2 Å². The van der Waals surface area contributed by atoms with Crippen molar-refractivity contribution in [1.29, 1.82) is 0 Å². The molecule has 6 heteroatoms. The van der Waals surface area contributed by atoms with Crippen LogP contribution in [0.25, 0.3) is 47.6 Å². The number of esters is 2. The molecule has 0 saturated heterocycles. The molecule has 2 aromatic heterocycles. The van der Waals surface area contributed by atoms with Gasteiger partial charge in [0.15, 0.2) is 0 Å². The van der Waals surface area contributed by atoms with Crippen LogP contribution in [0.1, 0.15) is 143 Å². The van der Waals surface area contributed by atoms with Crippen LogP contribution in [0.2, 0.25) is 0 Å². The minimum atomic E-state index is -0.406. The van der Waals surface area contributed by atoms with E-state index in [0.29, 0.717) is 24.4 Å². The van der Waals surface area contributed by atoms with Gasteiger partial charge >= 0.3 is 11.9 Å². The van der Waals surface area contributed by atoms with E-state index < -0.39 is 10.8 Å². The summed E-state index contributed by atoms with van der Waals surface area (Å²) in [6.07, 6.45) is 23.3. The highest BCUT2D eigenvalue weighted by molar-refractivity contribution is 5.77. The Morgan fingerprint density at radius 2 is 0.942 bits per heavy atom. The standard InChI is InChI=1S/C46H56N2O4/c1-29-33-23-31-19-21-43(3,4)27-37(31)47-35(33)25-39(45(29,7)8)51-41(49)17-15-13-11-12-14-16-18-42(50)52-40-26-36-34(30(2)46(40,9)10)24-32-20-22-44(5,6)28-38(32)48-36/h19-28H,11-18H2,1-10H3. The van der Waals surface area contributed by atoms with Crippen molar-refractivity contribution in [3.05, 3.63) is 79.5 Å². The van der Waals surface area contributed by atoms with Crippen LogP contribution in [0.4, 0.5) is 0 Å². The molecule has 4 aliphatic rings. The molecule has 0 radical (unpaired) electrons. The van der Waals surface area contributed by atoms with Crippen LogP contribution in [0.5, 0.6) is 0 Å². The number of carbonyl (C=O) groups is 2. The summed E-state index contributed by atoms with van der Waals surface area (Å²) in [5.74, 6) is 0.922. The summed E-state index contributed by atoms with van der Waals surface area (Å²) in [7, 11) is 0. The quantitative estimate of drug-likeness (QED) is 0.174. The minimum Gasteiger partial charge on any atom is -0.430 e. The number of aromatic nitrogens is 2. The van der Waals surface area contributed by atoms with Crippen LogP contribution in [0.3, 0.4) is 0 Å². The Labute approximate surface area is 309 Å². The molecule has 0 unspecified atom stereocenters. The van der Waals surface area contributed by atoms with Crippen molar-refractivity contribution in [3.8, 4) is 0 Å². The molecule has 0 fully saturated rings. The maximum atomic E-state index is 13.0. The molecular formula is C46H56N2O4. The van der Waals surface area contributed by atoms with Crippen LogP contribution in [-0.4, -0.2) is 21.9 Å². The number of nitrogens with zero attached hydrogens (tertiary/aromatic N) is 2. The number of rotatable bonds is 11. The van der Waals surface area contributed by atoms with E-state index in [0.717, 1.165) is 93.3 Å². The van der Waals surface area contributed by atoms with Crippen LogP contribution in [0, 0.1) is 21.7 Å². The number of allylic oxidation sites excluding steroid dienone is 4. The van der Waals surface area contributed by atoms with Crippen molar-refractivity contribution >= 4 is 59.5 Å². The lowest BCUT2D eigenvalue weighted by atomic mass is 9.78. The van der Waals surface area contributed by atoms with E-state index in [1.54, 1.807) is 0 Å². The zero-order valence-corrected chi connectivity index (χ0v) is 33.0. The Bertz CT molecular complexity index is 2050. The van der Waals surface area contributed by atoms with Crippen LogP contribution < -0.4 is 21.1 Å². The Kier molecular flexibility index (Phi) is 10.0. The molecular weight excluding hydrogens is 645 g/mol. The highest BCUT2D eigenvalue weighted by atomic mass is 16.5. The molecule has 2 aromatic rings. The molecule has 4 aliphatic carbocycles. The highest BCUT2D eigenvalue weighted by Crippen LogP contribution is 2.40. The molecule has 274 valence electrons. The molecule has 0 saturated carbocycles. The summed E-state index contributed by atoms with van der Waals surface area (Å²) in [6, 6.07) is 4.42. The molecule has 2 heterocycles. The Hall–Kier alpha value is -4.32. The van der Waals surface area contributed by atoms with Crippen molar-refractivity contribution in [2.75, 3.05) is 0 Å². The molecule has 6 rings (SSSR count). The average Bonchev–Trinajstić information content (AvgIpc) is 3.05. The zero-order valence-electron chi connectivity index (χ0n) is 33.0. The first-order valence-electron chi connectivity index (χ1n) is 19.1. The van der Waals surface area contributed by atoms with Crippen LogP contribution in [-0.2, 0) is 19.1 Å². The number of pyridine rings is 2. The molecule has 52 heavy (non-hydrogen) atoms. The number of ether oxygens (including phenoxy) is 2. The summed E-state index contributed by atoms with van der Waals surface area (Å²) >= 11 is 0. The van der Waals surface area contributed by atoms with Gasteiger partial charge in [0, 0.05) is 68.2 Å². The second-order valence-electron chi connectivity index (χ2n) is 17.5. The van der Waals surface area contributed by atoms with Crippen molar-refractivity contribution in [2.45, 2.75) is 121 Å². The normalized spacial score (nSPS) is 19.5. The fourth-order valence-corrected chi connectivity index (χ4v) is 7.40. The maximum absolute atomic E-state index is 13.0. The number of hydrogen-bond donors (Lipinski definition) is 0. The lowest BCUT2D eigenvalue weighted by Crippen LogP contribution is -2.34. The fourth-order valence-electron chi connectivity index (χ4n) is 7.40. The first-order valence-corrected chi connectivity index (χ1v) is 19.1. The van der Waals surface area contributed by atoms with E-state index in [1.165, 1.54) is 0 Å². The van der Waals surface area contributed by atoms with Gasteiger partial charge in [0.25, 0.3) is 0 Å². The number of fused-ring (bicyclic) bond motifs is 4. The van der Waals surface area contributed by atoms with Gasteiger partial charge in [-0.3, -0.25) is 9.59 Å². The molecule has 0 aromatic carbocycles. The van der Waals surface area contributed by atoms with Gasteiger partial charge in [0.2, 0.25) is 0 Å². The lowest BCUT2D eigenvalue weighted by molar-refractivity contribution is -0.141. The largest absolute Gasteiger partial charge is 0.430 e. The van der Waals surface area contributed by atoms with Gasteiger partial charge in [0.1, 0.15) is 11.5 Å². The zero-order chi connectivity index (χ0) is 37.6. The van der Waals surface area contributed by atoms with Crippen LogP contribution in [0.15, 0.2) is 35.8 Å². The first-order chi connectivity index (χ1) is 24.4. The number of hydrogen-bond acceptors (Lipinski definition) is 6. The second-order valence-corrected chi connectivity index (χ2v) is 17.5. The maximum Gasteiger partial charge on any atom is 0.310 e. The summed E-state index contributed by atoms with van der Waals surface area (Å²) < 4.78 is 12.0. The van der Waals surface area contributed by atoms with Gasteiger partial charge in [0.05, 0.1) is 22.1 Å². The molecule has 0 spiro atoms. The van der Waals surface area contributed by atoms with Gasteiger partial charge < -0.3 is 9.47 Å². The Balaban J connectivity index is 0.946. The molecule has 0 atom stereocenters. The van der Waals surface area contributed by atoms with Crippen molar-refractivity contribution in [2.24, 2.45) is 21.7 Å². The SMILES string of the molecule is CC1=c2cc3c(nc2C=C(OC(=O)CCCCCCCCC(=O)OC2=Cc4nc5c(cc4=C(C)C2(C)C)C=CC(C)(C)C=5)C1(C)C)=CC(C)(C)C=C3. The third-order valence-corrected chi connectivity index (χ3v) is 11.5. The Morgan fingerprint density at radius 3 is 1.33 bits per heavy atom. The molecule has 0 aliphatic heterocycles. The van der Waals surface area contributed by atoms with E-state index >= 15 is 0 Å². The highest BCUT2D eigenvalue weighted by Gasteiger charge is 2.35. The van der Waals surface area contributed by atoms with Crippen molar-refractivity contribution in [3.63, 3.8) is 0 Å². The van der Waals surface area contributed by atoms with Gasteiger partial charge in [-0.15, -0.1) is 0 Å². The minimum absolute atomic E-state index is 0.0458. The molecule has 0 amide bonds. The Morgan fingerprint density at radius 1 is 0.577 bits per heavy atom. The second kappa shape index (κ2) is 13.9. The van der Waals surface area contributed by atoms with E-state index in [2.05, 4.69) is 118 Å². The predicted molar refractivity (Wildman–Crippen MR) is 212 cm³/mol. The summed E-state index contributed by atoms with van der Waals surface area (Å²) in [5.41, 5.74) is 5.37. The van der Waals surface area contributed by atoms with Crippen molar-refractivity contribution < 1.29 is 19.1 Å². The molecule has 0 bridgehead atoms. The number of unbranched alkanes of at least 4 members (excludes halogenated alkanes) is 5. The van der Waals surface area contributed by atoms with Crippen molar-refractivity contribution in [1.82, 2.24) is 9.97 Å². The van der Waals surface area contributed by atoms with Crippen LogP contribution >= 0.6 is 0 Å². The van der Waals surface area contributed by atoms with Gasteiger partial charge in [-0.1, -0.05) is 88.8 Å². The van der Waals surface area contributed by atoms with E-state index in [4.69, 9.17) is 19.4 Å². The van der Waals surface area contributed by atoms with Gasteiger partial charge in [-0.2, -0.15) is 0 Å². The van der Waals surface area contributed by atoms with E-state index in [9.17, 15) is 9.59 Å². The monoisotopic (exact) mass is 700 g/mol. The van der Waals surface area contributed by atoms with Gasteiger partial charge in [-0.05, 0) is 78.7 Å². The lowest BCUT2D eigenvalue weighted by Gasteiger charge is -2.32. The number of carbonyl (C=O) groups excluding carboxylic acids is 2. The fraction of sp³-hybridized carbons (Fsp3) is 0.478. The smallest absolute Gasteiger partial charge is 0.310 e. The third kappa shape index (κ3) is 7.72. The van der Waals surface area contributed by atoms with E-state index in [-0.39, 0.29) is 22.8 Å². The summed E-state index contributed by atoms with van der Waals surface area (Å²) in [6.45, 7) is 21.3. The van der Waals surface area contributed by atoms with Gasteiger partial charge in [-0.25, -0.2) is 9.97 Å². The molecule has 6 nitrogen and oxygen atoms in total. The summed E-state index contributed by atoms with van der Waals surface area (Å²) in [4.78, 5) is 35.9.